The fourth-order valence-electron chi connectivity index (χ4n) is 2.90. The maximum atomic E-state index is 11.3. The van der Waals surface area contributed by atoms with E-state index in [2.05, 4.69) is 10.3 Å². The minimum atomic E-state index is -4.71. The standard InChI is InChI=1S/C17H16N3O7PS/c1-24-14-6-11(7-15-17(14)26-9-25-15)20-12(8-18-19-20)10-3-4-16(29-2)13(5-10)27-28(21,22)23/h3-8H,9H2,1-2H3,(H2,21,22,23). The van der Waals surface area contributed by atoms with Crippen LogP contribution in [-0.2, 0) is 4.57 Å². The highest BCUT2D eigenvalue weighted by molar-refractivity contribution is 7.98. The van der Waals surface area contributed by atoms with Crippen LogP contribution in [-0.4, -0.2) is 44.9 Å². The number of hydrogen-bond donors (Lipinski definition) is 2. The van der Waals surface area contributed by atoms with Gasteiger partial charge in [0, 0.05) is 22.6 Å². The van der Waals surface area contributed by atoms with Gasteiger partial charge >= 0.3 is 7.82 Å². The highest BCUT2D eigenvalue weighted by Gasteiger charge is 2.23. The number of methoxy groups -OCH3 is 1. The fraction of sp³-hybridized carbons (Fsp3) is 0.176. The number of ether oxygens (including phenoxy) is 3. The number of fused-ring (bicyclic) bond motifs is 1. The molecule has 29 heavy (non-hydrogen) atoms. The van der Waals surface area contributed by atoms with Crippen LogP contribution in [0.2, 0.25) is 0 Å². The lowest BCUT2D eigenvalue weighted by atomic mass is 10.1. The van der Waals surface area contributed by atoms with Crippen LogP contribution >= 0.6 is 19.6 Å². The highest BCUT2D eigenvalue weighted by atomic mass is 32.2. The summed E-state index contributed by atoms with van der Waals surface area (Å²) in [5.74, 6) is 1.59. The van der Waals surface area contributed by atoms with Crippen molar-refractivity contribution in [2.24, 2.45) is 0 Å². The van der Waals surface area contributed by atoms with Crippen molar-refractivity contribution in [1.82, 2.24) is 15.0 Å². The summed E-state index contributed by atoms with van der Waals surface area (Å²) in [4.78, 5) is 19.0. The van der Waals surface area contributed by atoms with Crippen LogP contribution in [0.3, 0.4) is 0 Å². The van der Waals surface area contributed by atoms with Crippen molar-refractivity contribution in [1.29, 1.82) is 0 Å². The Morgan fingerprint density at radius 3 is 2.76 bits per heavy atom. The Balaban J connectivity index is 1.80. The van der Waals surface area contributed by atoms with Crippen LogP contribution in [0, 0.1) is 0 Å². The van der Waals surface area contributed by atoms with Gasteiger partial charge in [0.2, 0.25) is 12.5 Å². The van der Waals surface area contributed by atoms with Crippen LogP contribution in [0.5, 0.6) is 23.0 Å². The summed E-state index contributed by atoms with van der Waals surface area (Å²) in [7, 11) is -3.19. The van der Waals surface area contributed by atoms with Gasteiger partial charge in [-0.1, -0.05) is 11.3 Å². The summed E-state index contributed by atoms with van der Waals surface area (Å²) in [6.07, 6.45) is 3.32. The first-order valence-corrected chi connectivity index (χ1v) is 11.0. The molecule has 0 aliphatic carbocycles. The first kappa shape index (κ1) is 19.6. The Labute approximate surface area is 169 Å². The predicted molar refractivity (Wildman–Crippen MR) is 104 cm³/mol. The molecule has 0 radical (unpaired) electrons. The van der Waals surface area contributed by atoms with E-state index < -0.39 is 7.82 Å². The predicted octanol–water partition coefficient (Wildman–Crippen LogP) is 2.87. The average Bonchev–Trinajstić information content (AvgIpc) is 3.35. The molecule has 1 aliphatic rings. The summed E-state index contributed by atoms with van der Waals surface area (Å²) < 4.78 is 34.0. The van der Waals surface area contributed by atoms with E-state index in [1.54, 1.807) is 35.2 Å². The molecule has 152 valence electrons. The summed E-state index contributed by atoms with van der Waals surface area (Å²) in [6.45, 7) is 0.0958. The zero-order valence-corrected chi connectivity index (χ0v) is 17.0. The van der Waals surface area contributed by atoms with Crippen molar-refractivity contribution in [3.05, 3.63) is 36.5 Å². The zero-order valence-electron chi connectivity index (χ0n) is 15.3. The van der Waals surface area contributed by atoms with Crippen LogP contribution in [0.1, 0.15) is 0 Å². The average molecular weight is 437 g/mol. The Morgan fingerprint density at radius 1 is 1.21 bits per heavy atom. The smallest absolute Gasteiger partial charge is 0.493 e. The Morgan fingerprint density at radius 2 is 2.03 bits per heavy atom. The van der Waals surface area contributed by atoms with Crippen molar-refractivity contribution in [2.45, 2.75) is 4.90 Å². The van der Waals surface area contributed by atoms with Gasteiger partial charge in [-0.2, -0.15) is 0 Å². The molecule has 1 aromatic heterocycles. The third kappa shape index (κ3) is 3.90. The fourth-order valence-corrected chi connectivity index (χ4v) is 3.87. The van der Waals surface area contributed by atoms with Crippen LogP contribution in [0.25, 0.3) is 16.9 Å². The molecule has 1 aliphatic heterocycles. The van der Waals surface area contributed by atoms with Crippen molar-refractivity contribution in [3.63, 3.8) is 0 Å². The molecular weight excluding hydrogens is 421 g/mol. The van der Waals surface area contributed by atoms with Gasteiger partial charge in [-0.3, -0.25) is 9.79 Å². The molecule has 2 heterocycles. The number of nitrogens with zero attached hydrogens (tertiary/aromatic N) is 3. The number of rotatable bonds is 6. The van der Waals surface area contributed by atoms with E-state index in [1.807, 2.05) is 0 Å². The van der Waals surface area contributed by atoms with Gasteiger partial charge in [0.25, 0.3) is 0 Å². The van der Waals surface area contributed by atoms with E-state index in [9.17, 15) is 14.4 Å². The van der Waals surface area contributed by atoms with Gasteiger partial charge in [0.1, 0.15) is 5.75 Å². The minimum Gasteiger partial charge on any atom is -0.493 e. The topological polar surface area (TPSA) is 125 Å². The number of phosphoric ester groups is 1. The molecule has 0 bridgehead atoms. The van der Waals surface area contributed by atoms with Gasteiger partial charge in [0.15, 0.2) is 11.5 Å². The largest absolute Gasteiger partial charge is 0.524 e. The second-order valence-corrected chi connectivity index (χ2v) is 7.87. The van der Waals surface area contributed by atoms with Crippen molar-refractivity contribution in [3.8, 4) is 39.9 Å². The van der Waals surface area contributed by atoms with E-state index in [4.69, 9.17) is 18.7 Å². The maximum absolute atomic E-state index is 11.3. The van der Waals surface area contributed by atoms with E-state index in [0.29, 0.717) is 39.1 Å². The molecule has 0 saturated carbocycles. The highest BCUT2D eigenvalue weighted by Crippen LogP contribution is 2.45. The van der Waals surface area contributed by atoms with E-state index in [-0.39, 0.29) is 12.5 Å². The molecule has 3 aromatic rings. The maximum Gasteiger partial charge on any atom is 0.524 e. The molecule has 2 aromatic carbocycles. The number of hydrogen-bond acceptors (Lipinski definition) is 8. The number of benzene rings is 2. The molecule has 0 fully saturated rings. The quantitative estimate of drug-likeness (QED) is 0.439. The van der Waals surface area contributed by atoms with Crippen molar-refractivity contribution in [2.75, 3.05) is 20.2 Å². The summed E-state index contributed by atoms with van der Waals surface area (Å²) in [5, 5.41) is 8.10. The van der Waals surface area contributed by atoms with E-state index in [1.165, 1.54) is 31.1 Å². The third-order valence-electron chi connectivity index (χ3n) is 4.11. The van der Waals surface area contributed by atoms with Gasteiger partial charge in [-0.15, -0.1) is 16.9 Å². The van der Waals surface area contributed by atoms with Gasteiger partial charge in [0.05, 0.1) is 24.7 Å². The first-order chi connectivity index (χ1) is 13.9. The molecule has 0 spiro atoms. The monoisotopic (exact) mass is 437 g/mol. The Kier molecular flexibility index (Phi) is 5.13. The second-order valence-electron chi connectivity index (χ2n) is 5.86. The SMILES string of the molecule is COc1cc(-n2nncc2-c2ccc(SC)c(OP(=O)(O)O)c2)cc2c1OCO2. The van der Waals surface area contributed by atoms with Crippen LogP contribution in [0.15, 0.2) is 41.4 Å². The Hall–Kier alpha value is -2.72. The van der Waals surface area contributed by atoms with Crippen molar-refractivity contribution < 1.29 is 33.1 Å². The molecule has 2 N–H and O–H groups in total. The second kappa shape index (κ2) is 7.60. The van der Waals surface area contributed by atoms with Gasteiger partial charge in [-0.05, 0) is 18.4 Å². The summed E-state index contributed by atoms with van der Waals surface area (Å²) >= 11 is 1.31. The van der Waals surface area contributed by atoms with Crippen LogP contribution < -0.4 is 18.7 Å². The summed E-state index contributed by atoms with van der Waals surface area (Å²) in [6, 6.07) is 8.51. The molecule has 0 atom stereocenters. The molecule has 0 amide bonds. The molecule has 12 heteroatoms. The number of aromatic nitrogens is 3. The molecular formula is C17H16N3O7PS. The van der Waals surface area contributed by atoms with Gasteiger partial charge in [-0.25, -0.2) is 9.25 Å². The van der Waals surface area contributed by atoms with Crippen LogP contribution in [0.4, 0.5) is 0 Å². The van der Waals surface area contributed by atoms with Gasteiger partial charge < -0.3 is 18.7 Å². The molecule has 0 saturated heterocycles. The first-order valence-electron chi connectivity index (χ1n) is 8.22. The normalized spacial score (nSPS) is 12.8. The third-order valence-corrected chi connectivity index (χ3v) is 5.33. The lowest BCUT2D eigenvalue weighted by molar-refractivity contribution is 0.171. The number of phosphoric acid groups is 1. The lowest BCUT2D eigenvalue weighted by Crippen LogP contribution is -2.01. The molecule has 10 nitrogen and oxygen atoms in total. The molecule has 4 rings (SSSR count). The summed E-state index contributed by atoms with van der Waals surface area (Å²) in [5.41, 5.74) is 1.80. The van der Waals surface area contributed by atoms with E-state index in [0.717, 1.165) is 0 Å². The molecule has 0 unspecified atom stereocenters. The Bertz CT molecular complexity index is 1110. The van der Waals surface area contributed by atoms with Crippen molar-refractivity contribution >= 4 is 19.6 Å². The zero-order chi connectivity index (χ0) is 20.6. The minimum absolute atomic E-state index is 0.0688. The lowest BCUT2D eigenvalue weighted by Gasteiger charge is -2.13. The van der Waals surface area contributed by atoms with E-state index >= 15 is 0 Å². The number of thioether (sulfide) groups is 1.